The molecule has 3 aromatic carbocycles. The Morgan fingerprint density at radius 3 is 1.31 bits per heavy atom. The van der Waals surface area contributed by atoms with Gasteiger partial charge in [0.1, 0.15) is 29.3 Å². The highest BCUT2D eigenvalue weighted by molar-refractivity contribution is 7.95. The van der Waals surface area contributed by atoms with Crippen molar-refractivity contribution in [3.63, 3.8) is 0 Å². The lowest BCUT2D eigenvalue weighted by Crippen LogP contribution is -3.00. The number of carboxylic acids is 1. The van der Waals surface area contributed by atoms with Gasteiger partial charge in [-0.25, -0.2) is 4.79 Å². The summed E-state index contributed by atoms with van der Waals surface area (Å²) in [6.07, 6.45) is 0.417. The maximum absolute atomic E-state index is 11.6. The minimum Gasteiger partial charge on any atom is -1.00 e. The predicted octanol–water partition coefficient (Wildman–Crippen LogP) is 0.625. The average Bonchev–Trinajstić information content (AvgIpc) is 2.68. The van der Waals surface area contributed by atoms with E-state index in [1.165, 1.54) is 0 Å². The van der Waals surface area contributed by atoms with Gasteiger partial charge in [-0.3, -0.25) is 0 Å². The van der Waals surface area contributed by atoms with Gasteiger partial charge in [0, 0.05) is 0 Å². The minimum atomic E-state index is -2.14. The molecule has 0 saturated heterocycles. The third-order valence-electron chi connectivity index (χ3n) is 4.32. The topological polar surface area (TPSA) is 37.3 Å². The zero-order chi connectivity index (χ0) is 17.7. The number of halogens is 1. The van der Waals surface area contributed by atoms with Crippen LogP contribution in [0.3, 0.4) is 0 Å². The van der Waals surface area contributed by atoms with Crippen LogP contribution in [0.15, 0.2) is 103 Å². The summed E-state index contributed by atoms with van der Waals surface area (Å²) >= 11 is 0. The van der Waals surface area contributed by atoms with Crippen LogP contribution in [0.25, 0.3) is 0 Å². The molecule has 3 aromatic rings. The molecule has 2 nitrogen and oxygen atoms in total. The van der Waals surface area contributed by atoms with E-state index in [0.29, 0.717) is 6.16 Å². The average molecular weight is 427 g/mol. The summed E-state index contributed by atoms with van der Waals surface area (Å²) in [7, 11) is -2.14. The summed E-state index contributed by atoms with van der Waals surface area (Å²) in [4.78, 5) is 11.6. The van der Waals surface area contributed by atoms with Gasteiger partial charge >= 0.3 is 5.97 Å². The summed E-state index contributed by atoms with van der Waals surface area (Å²) in [6, 6.07) is 30.6. The summed E-state index contributed by atoms with van der Waals surface area (Å²) in [5, 5.41) is 13.0. The van der Waals surface area contributed by atoms with Gasteiger partial charge in [0.25, 0.3) is 0 Å². The van der Waals surface area contributed by atoms with Gasteiger partial charge in [-0.1, -0.05) is 61.2 Å². The number of carboxylic acid groups (broad SMARTS) is 1. The van der Waals surface area contributed by atoms with Crippen LogP contribution in [0.4, 0.5) is 0 Å². The van der Waals surface area contributed by atoms with Crippen molar-refractivity contribution in [2.24, 2.45) is 0 Å². The smallest absolute Gasteiger partial charge is 0.334 e. The molecule has 0 bridgehead atoms. The molecule has 0 atom stereocenters. The van der Waals surface area contributed by atoms with Gasteiger partial charge < -0.3 is 22.1 Å². The van der Waals surface area contributed by atoms with Gasteiger partial charge in [-0.15, -0.1) is 0 Å². The van der Waals surface area contributed by atoms with Crippen LogP contribution in [0, 0.1) is 0 Å². The Hall–Kier alpha value is -2.22. The number of rotatable bonds is 6. The first kappa shape index (κ1) is 20.1. The zero-order valence-corrected chi connectivity index (χ0v) is 16.7. The fourth-order valence-corrected chi connectivity index (χ4v) is 7.32. The molecule has 0 spiro atoms. The standard InChI is InChI=1S/C22H19O2P.BrH/c1-18(22(23)24)17-25(19-11-5-2-6-12-19,20-13-7-3-8-14-20)21-15-9-4-10-16-21;/h2-16H,1,17H2;1H. The lowest BCUT2D eigenvalue weighted by Gasteiger charge is -2.27. The molecule has 0 radical (unpaired) electrons. The third-order valence-corrected chi connectivity index (χ3v) is 8.72. The Bertz CT molecular complexity index is 768. The summed E-state index contributed by atoms with van der Waals surface area (Å²) in [5.74, 6) is -0.938. The SMILES string of the molecule is C=C(C[P+](c1ccccc1)(c1ccccc1)c1ccccc1)C(=O)O.[Br-]. The molecule has 0 amide bonds. The molecule has 0 aliphatic carbocycles. The molecule has 3 rings (SSSR count). The molecular formula is C22H20BrO2P. The van der Waals surface area contributed by atoms with E-state index < -0.39 is 13.2 Å². The Kier molecular flexibility index (Phi) is 6.90. The first-order chi connectivity index (χ1) is 12.1. The molecule has 0 unspecified atom stereocenters. The summed E-state index contributed by atoms with van der Waals surface area (Å²) in [5.41, 5.74) is 0.241. The van der Waals surface area contributed by atoms with Crippen molar-refractivity contribution < 1.29 is 26.9 Å². The van der Waals surface area contributed by atoms with Crippen LogP contribution in [0.1, 0.15) is 0 Å². The molecule has 132 valence electrons. The molecule has 0 aromatic heterocycles. The Balaban J connectivity index is 0.00000243. The van der Waals surface area contributed by atoms with Crippen molar-refractivity contribution in [3.05, 3.63) is 103 Å². The monoisotopic (exact) mass is 426 g/mol. The van der Waals surface area contributed by atoms with Gasteiger partial charge in [-0.05, 0) is 36.4 Å². The van der Waals surface area contributed by atoms with Crippen LogP contribution in [0.5, 0.6) is 0 Å². The maximum Gasteiger partial charge on any atom is 0.334 e. The van der Waals surface area contributed by atoms with E-state index in [4.69, 9.17) is 0 Å². The van der Waals surface area contributed by atoms with E-state index >= 15 is 0 Å². The van der Waals surface area contributed by atoms with E-state index in [-0.39, 0.29) is 22.6 Å². The second kappa shape index (κ2) is 8.93. The number of hydrogen-bond acceptors (Lipinski definition) is 1. The van der Waals surface area contributed by atoms with Crippen molar-refractivity contribution in [3.8, 4) is 0 Å². The van der Waals surface area contributed by atoms with Crippen LogP contribution in [-0.2, 0) is 4.79 Å². The van der Waals surface area contributed by atoms with Crippen molar-refractivity contribution in [2.45, 2.75) is 0 Å². The molecule has 0 fully saturated rings. The zero-order valence-electron chi connectivity index (χ0n) is 14.3. The Labute approximate surface area is 165 Å². The summed E-state index contributed by atoms with van der Waals surface area (Å²) in [6.45, 7) is 3.84. The number of benzene rings is 3. The number of carbonyl (C=O) groups is 1. The van der Waals surface area contributed by atoms with Crippen LogP contribution in [0.2, 0.25) is 0 Å². The lowest BCUT2D eigenvalue weighted by molar-refractivity contribution is -0.132. The van der Waals surface area contributed by atoms with Crippen LogP contribution < -0.4 is 32.9 Å². The molecule has 0 heterocycles. The van der Waals surface area contributed by atoms with Gasteiger partial charge in [-0.2, -0.15) is 0 Å². The van der Waals surface area contributed by atoms with Gasteiger partial charge in [0.2, 0.25) is 0 Å². The minimum absolute atomic E-state index is 0. The Morgan fingerprint density at radius 1 is 0.731 bits per heavy atom. The summed E-state index contributed by atoms with van der Waals surface area (Å²) < 4.78 is 0. The number of aliphatic carboxylic acids is 1. The van der Waals surface area contributed by atoms with Crippen LogP contribution in [-0.4, -0.2) is 17.2 Å². The van der Waals surface area contributed by atoms with E-state index in [0.717, 1.165) is 15.9 Å². The second-order valence-electron chi connectivity index (χ2n) is 5.88. The Morgan fingerprint density at radius 2 is 1.04 bits per heavy atom. The largest absolute Gasteiger partial charge is 1.00 e. The first-order valence-electron chi connectivity index (χ1n) is 8.10. The van der Waals surface area contributed by atoms with Crippen molar-refractivity contribution in [1.29, 1.82) is 0 Å². The second-order valence-corrected chi connectivity index (χ2v) is 9.37. The van der Waals surface area contributed by atoms with Crippen molar-refractivity contribution in [2.75, 3.05) is 6.16 Å². The molecule has 0 aliphatic heterocycles. The van der Waals surface area contributed by atoms with Gasteiger partial charge in [0.15, 0.2) is 0 Å². The maximum atomic E-state index is 11.6. The van der Waals surface area contributed by atoms with E-state index in [1.807, 2.05) is 54.6 Å². The van der Waals surface area contributed by atoms with E-state index in [9.17, 15) is 9.90 Å². The quantitative estimate of drug-likeness (QED) is 0.463. The molecule has 0 aliphatic rings. The van der Waals surface area contributed by atoms with E-state index in [1.54, 1.807) is 0 Å². The molecule has 1 N–H and O–H groups in total. The highest BCUT2D eigenvalue weighted by Crippen LogP contribution is 2.56. The van der Waals surface area contributed by atoms with Crippen molar-refractivity contribution >= 4 is 29.1 Å². The highest BCUT2D eigenvalue weighted by atomic mass is 79.9. The third kappa shape index (κ3) is 3.95. The van der Waals surface area contributed by atoms with Gasteiger partial charge in [0.05, 0.1) is 5.57 Å². The lowest BCUT2D eigenvalue weighted by atomic mass is 10.3. The molecule has 26 heavy (non-hydrogen) atoms. The van der Waals surface area contributed by atoms with Crippen molar-refractivity contribution in [1.82, 2.24) is 0 Å². The molecule has 0 saturated carbocycles. The highest BCUT2D eigenvalue weighted by Gasteiger charge is 2.46. The van der Waals surface area contributed by atoms with E-state index in [2.05, 4.69) is 43.0 Å². The fraction of sp³-hybridized carbons (Fsp3) is 0.0455. The fourth-order valence-electron chi connectivity index (χ4n) is 3.12. The molecular weight excluding hydrogens is 407 g/mol. The normalized spacial score (nSPS) is 10.6. The van der Waals surface area contributed by atoms with Crippen LogP contribution >= 0.6 is 7.26 Å². The first-order valence-corrected chi connectivity index (χ1v) is 10.1. The number of hydrogen-bond donors (Lipinski definition) is 1. The molecule has 4 heteroatoms. The predicted molar refractivity (Wildman–Crippen MR) is 107 cm³/mol.